The SMILES string of the molecule is CCCn1cncc1C1CCNCC1c1cccc(C)c1. The number of rotatable bonds is 4. The number of hydrogen-bond acceptors (Lipinski definition) is 2. The zero-order valence-electron chi connectivity index (χ0n) is 13.0. The quantitative estimate of drug-likeness (QED) is 0.931. The van der Waals surface area contributed by atoms with E-state index in [9.17, 15) is 0 Å². The highest BCUT2D eigenvalue weighted by atomic mass is 15.0. The van der Waals surface area contributed by atoms with Crippen LogP contribution in [0.5, 0.6) is 0 Å². The van der Waals surface area contributed by atoms with Gasteiger partial charge in [-0.1, -0.05) is 36.8 Å². The van der Waals surface area contributed by atoms with Gasteiger partial charge in [0.2, 0.25) is 0 Å². The van der Waals surface area contributed by atoms with Crippen LogP contribution in [0, 0.1) is 6.92 Å². The molecular weight excluding hydrogens is 258 g/mol. The van der Waals surface area contributed by atoms with Crippen LogP contribution < -0.4 is 5.32 Å². The third kappa shape index (κ3) is 3.03. The molecule has 1 aromatic carbocycles. The molecule has 0 bridgehead atoms. The van der Waals surface area contributed by atoms with Crippen molar-refractivity contribution in [3.8, 4) is 0 Å². The molecule has 2 heterocycles. The summed E-state index contributed by atoms with van der Waals surface area (Å²) < 4.78 is 2.35. The minimum atomic E-state index is 0.547. The summed E-state index contributed by atoms with van der Waals surface area (Å²) in [5.41, 5.74) is 4.21. The first-order valence-corrected chi connectivity index (χ1v) is 8.07. The van der Waals surface area contributed by atoms with E-state index < -0.39 is 0 Å². The Morgan fingerprint density at radius 1 is 1.33 bits per heavy atom. The molecule has 1 saturated heterocycles. The van der Waals surface area contributed by atoms with Gasteiger partial charge in [-0.15, -0.1) is 0 Å². The Bertz CT molecular complexity index is 588. The maximum atomic E-state index is 4.40. The zero-order valence-corrected chi connectivity index (χ0v) is 13.0. The van der Waals surface area contributed by atoms with Crippen LogP contribution in [0.4, 0.5) is 0 Å². The molecule has 0 spiro atoms. The summed E-state index contributed by atoms with van der Waals surface area (Å²) in [7, 11) is 0. The van der Waals surface area contributed by atoms with Gasteiger partial charge in [-0.2, -0.15) is 0 Å². The first-order chi connectivity index (χ1) is 10.3. The number of nitrogens with zero attached hydrogens (tertiary/aromatic N) is 2. The van der Waals surface area contributed by atoms with Crippen molar-refractivity contribution in [2.24, 2.45) is 0 Å². The standard InChI is InChI=1S/C18H25N3/c1-3-9-21-13-20-12-18(21)16-7-8-19-11-17(16)15-6-4-5-14(2)10-15/h4-6,10,12-13,16-17,19H,3,7-9,11H2,1-2H3. The molecule has 1 aromatic heterocycles. The van der Waals surface area contributed by atoms with Gasteiger partial charge in [-0.05, 0) is 31.9 Å². The largest absolute Gasteiger partial charge is 0.334 e. The molecule has 112 valence electrons. The molecule has 0 saturated carbocycles. The Balaban J connectivity index is 1.92. The van der Waals surface area contributed by atoms with Crippen LogP contribution in [0.3, 0.4) is 0 Å². The Morgan fingerprint density at radius 2 is 2.24 bits per heavy atom. The van der Waals surface area contributed by atoms with Crippen LogP contribution in [0.15, 0.2) is 36.8 Å². The van der Waals surface area contributed by atoms with Crippen molar-refractivity contribution in [2.75, 3.05) is 13.1 Å². The van der Waals surface area contributed by atoms with E-state index in [1.54, 1.807) is 0 Å². The van der Waals surface area contributed by atoms with E-state index in [2.05, 4.69) is 59.2 Å². The minimum absolute atomic E-state index is 0.547. The first kappa shape index (κ1) is 14.3. The zero-order chi connectivity index (χ0) is 14.7. The number of piperidine rings is 1. The lowest BCUT2D eigenvalue weighted by Crippen LogP contribution is -2.34. The molecule has 21 heavy (non-hydrogen) atoms. The van der Waals surface area contributed by atoms with Crippen LogP contribution in [-0.4, -0.2) is 22.6 Å². The van der Waals surface area contributed by atoms with Crippen LogP contribution in [-0.2, 0) is 6.54 Å². The van der Waals surface area contributed by atoms with Crippen molar-refractivity contribution in [1.82, 2.24) is 14.9 Å². The monoisotopic (exact) mass is 283 g/mol. The second-order valence-corrected chi connectivity index (χ2v) is 6.13. The molecule has 3 nitrogen and oxygen atoms in total. The van der Waals surface area contributed by atoms with E-state index in [1.807, 2.05) is 6.33 Å². The van der Waals surface area contributed by atoms with Crippen molar-refractivity contribution < 1.29 is 0 Å². The fraction of sp³-hybridized carbons (Fsp3) is 0.500. The number of benzene rings is 1. The van der Waals surface area contributed by atoms with Gasteiger partial charge < -0.3 is 9.88 Å². The summed E-state index contributed by atoms with van der Waals surface area (Å²) >= 11 is 0. The lowest BCUT2D eigenvalue weighted by atomic mass is 9.79. The Labute approximate surface area is 127 Å². The van der Waals surface area contributed by atoms with Gasteiger partial charge in [0.25, 0.3) is 0 Å². The second-order valence-electron chi connectivity index (χ2n) is 6.13. The first-order valence-electron chi connectivity index (χ1n) is 8.07. The maximum absolute atomic E-state index is 4.40. The number of aryl methyl sites for hydroxylation is 2. The van der Waals surface area contributed by atoms with E-state index in [-0.39, 0.29) is 0 Å². The third-order valence-corrected chi connectivity index (χ3v) is 4.54. The van der Waals surface area contributed by atoms with Crippen molar-refractivity contribution in [3.63, 3.8) is 0 Å². The average molecular weight is 283 g/mol. The van der Waals surface area contributed by atoms with Gasteiger partial charge in [0.15, 0.2) is 0 Å². The van der Waals surface area contributed by atoms with Crippen molar-refractivity contribution >= 4 is 0 Å². The molecule has 2 atom stereocenters. The van der Waals surface area contributed by atoms with E-state index in [0.29, 0.717) is 11.8 Å². The van der Waals surface area contributed by atoms with Gasteiger partial charge in [0, 0.05) is 36.8 Å². The Hall–Kier alpha value is -1.61. The highest BCUT2D eigenvalue weighted by molar-refractivity contribution is 5.30. The molecule has 0 amide bonds. The van der Waals surface area contributed by atoms with E-state index in [1.165, 1.54) is 23.2 Å². The summed E-state index contributed by atoms with van der Waals surface area (Å²) in [6, 6.07) is 8.97. The third-order valence-electron chi connectivity index (χ3n) is 4.54. The van der Waals surface area contributed by atoms with Crippen LogP contribution in [0.25, 0.3) is 0 Å². The molecule has 3 heteroatoms. The highest BCUT2D eigenvalue weighted by Gasteiger charge is 2.29. The summed E-state index contributed by atoms with van der Waals surface area (Å²) in [6.07, 6.45) is 6.42. The number of nitrogens with one attached hydrogen (secondary N) is 1. The van der Waals surface area contributed by atoms with Gasteiger partial charge >= 0.3 is 0 Å². The highest BCUT2D eigenvalue weighted by Crippen LogP contribution is 2.37. The van der Waals surface area contributed by atoms with Crippen LogP contribution >= 0.6 is 0 Å². The molecule has 1 fully saturated rings. The normalized spacial score (nSPS) is 22.4. The number of aromatic nitrogens is 2. The topological polar surface area (TPSA) is 29.9 Å². The average Bonchev–Trinajstić information content (AvgIpc) is 2.96. The van der Waals surface area contributed by atoms with E-state index in [0.717, 1.165) is 26.1 Å². The summed E-state index contributed by atoms with van der Waals surface area (Å²) in [5, 5.41) is 3.57. The van der Waals surface area contributed by atoms with Gasteiger partial charge in [0.05, 0.1) is 6.33 Å². The van der Waals surface area contributed by atoms with Gasteiger partial charge in [0.1, 0.15) is 0 Å². The number of imidazole rings is 1. The second kappa shape index (κ2) is 6.44. The van der Waals surface area contributed by atoms with Gasteiger partial charge in [-0.25, -0.2) is 4.98 Å². The molecule has 2 unspecified atom stereocenters. The van der Waals surface area contributed by atoms with E-state index >= 15 is 0 Å². The summed E-state index contributed by atoms with van der Waals surface area (Å²) in [4.78, 5) is 4.40. The molecule has 1 aliphatic heterocycles. The van der Waals surface area contributed by atoms with Crippen LogP contribution in [0.2, 0.25) is 0 Å². The molecule has 3 rings (SSSR count). The fourth-order valence-electron chi connectivity index (χ4n) is 3.53. The number of hydrogen-bond donors (Lipinski definition) is 1. The fourth-order valence-corrected chi connectivity index (χ4v) is 3.53. The molecule has 1 aliphatic rings. The predicted molar refractivity (Wildman–Crippen MR) is 86.7 cm³/mol. The minimum Gasteiger partial charge on any atom is -0.334 e. The molecule has 1 N–H and O–H groups in total. The molecular formula is C18H25N3. The van der Waals surface area contributed by atoms with E-state index in [4.69, 9.17) is 0 Å². The Kier molecular flexibility index (Phi) is 4.39. The lowest BCUT2D eigenvalue weighted by molar-refractivity contribution is 0.387. The maximum Gasteiger partial charge on any atom is 0.0948 e. The summed E-state index contributed by atoms with van der Waals surface area (Å²) in [6.45, 7) is 7.63. The molecule has 0 radical (unpaired) electrons. The van der Waals surface area contributed by atoms with Crippen molar-refractivity contribution in [1.29, 1.82) is 0 Å². The lowest BCUT2D eigenvalue weighted by Gasteiger charge is -2.33. The molecule has 0 aliphatic carbocycles. The van der Waals surface area contributed by atoms with Crippen molar-refractivity contribution in [3.05, 3.63) is 53.6 Å². The summed E-state index contributed by atoms with van der Waals surface area (Å²) in [5.74, 6) is 1.12. The Morgan fingerprint density at radius 3 is 3.05 bits per heavy atom. The smallest absolute Gasteiger partial charge is 0.0948 e. The molecule has 2 aromatic rings. The predicted octanol–water partition coefficient (Wildman–Crippen LogP) is 3.46. The van der Waals surface area contributed by atoms with Crippen LogP contribution in [0.1, 0.15) is 48.4 Å². The van der Waals surface area contributed by atoms with Crippen molar-refractivity contribution in [2.45, 2.75) is 45.1 Å². The van der Waals surface area contributed by atoms with Gasteiger partial charge in [-0.3, -0.25) is 0 Å².